The van der Waals surface area contributed by atoms with Crippen LogP contribution in [-0.2, 0) is 0 Å². The van der Waals surface area contributed by atoms with E-state index in [1.54, 1.807) is 23.6 Å². The lowest BCUT2D eigenvalue weighted by Gasteiger charge is -2.03. The van der Waals surface area contributed by atoms with Gasteiger partial charge < -0.3 is 11.5 Å². The predicted molar refractivity (Wildman–Crippen MR) is 140 cm³/mol. The first-order valence-corrected chi connectivity index (χ1v) is 11.5. The summed E-state index contributed by atoms with van der Waals surface area (Å²) in [4.78, 5) is 2.51. The Balaban J connectivity index is 0.00000436. The highest BCUT2D eigenvalue weighted by Gasteiger charge is 2.09. The van der Waals surface area contributed by atoms with Crippen molar-refractivity contribution in [3.63, 3.8) is 0 Å². The summed E-state index contributed by atoms with van der Waals surface area (Å²) in [5, 5.41) is 8.99. The fourth-order valence-corrected chi connectivity index (χ4v) is 3.81. The number of unbranched alkanes of at least 4 members (excludes halogenated alkanes) is 1. The molecule has 0 aliphatic rings. The summed E-state index contributed by atoms with van der Waals surface area (Å²) in [6, 6.07) is 2.11. The summed E-state index contributed by atoms with van der Waals surface area (Å²) in [7, 11) is 0. The van der Waals surface area contributed by atoms with Gasteiger partial charge in [0.25, 0.3) is 0 Å². The van der Waals surface area contributed by atoms with Crippen LogP contribution in [0.5, 0.6) is 0 Å². The molecule has 4 heteroatoms. The molecule has 0 saturated heterocycles. The van der Waals surface area contributed by atoms with Gasteiger partial charge in [0.15, 0.2) is 0 Å². The molecule has 0 unspecified atom stereocenters. The Morgan fingerprint density at radius 1 is 1.03 bits per heavy atom. The molecule has 1 rings (SSSR count). The van der Waals surface area contributed by atoms with E-state index in [1.165, 1.54) is 27.1 Å². The third kappa shape index (κ3) is 9.55. The zero-order chi connectivity index (χ0) is 23.6. The van der Waals surface area contributed by atoms with Crippen LogP contribution >= 0.6 is 11.3 Å². The average Bonchev–Trinajstić information content (AvgIpc) is 3.07. The Morgan fingerprint density at radius 3 is 2.26 bits per heavy atom. The van der Waals surface area contributed by atoms with Crippen molar-refractivity contribution in [2.45, 2.75) is 53.9 Å². The number of rotatable bonds is 10. The maximum Gasteiger partial charge on any atom is 0.0988 e. The van der Waals surface area contributed by atoms with Gasteiger partial charge in [-0.3, -0.25) is 0 Å². The molecule has 31 heavy (non-hydrogen) atoms. The molecule has 0 radical (unpaired) electrons. The van der Waals surface area contributed by atoms with Crippen molar-refractivity contribution in [2.75, 3.05) is 0 Å². The molecule has 0 bridgehead atoms. The van der Waals surface area contributed by atoms with Crippen LogP contribution in [0.3, 0.4) is 0 Å². The molecule has 3 nitrogen and oxygen atoms in total. The van der Waals surface area contributed by atoms with Crippen molar-refractivity contribution >= 4 is 23.5 Å². The van der Waals surface area contributed by atoms with Crippen LogP contribution in [-0.4, -0.2) is 0 Å². The van der Waals surface area contributed by atoms with Crippen molar-refractivity contribution in [1.82, 2.24) is 0 Å². The van der Waals surface area contributed by atoms with Gasteiger partial charge in [-0.05, 0) is 79.8 Å². The number of thiophene rings is 1. The van der Waals surface area contributed by atoms with E-state index in [4.69, 9.17) is 16.7 Å². The first-order valence-electron chi connectivity index (χ1n) is 10.7. The number of allylic oxidation sites excluding steroid dienone is 9. The highest BCUT2D eigenvalue weighted by atomic mass is 32.1. The molecule has 0 amide bonds. The second kappa shape index (κ2) is 16.7. The van der Waals surface area contributed by atoms with Crippen LogP contribution < -0.4 is 11.5 Å². The second-order valence-electron chi connectivity index (χ2n) is 6.43. The van der Waals surface area contributed by atoms with Crippen LogP contribution in [0.15, 0.2) is 72.2 Å². The lowest BCUT2D eigenvalue weighted by molar-refractivity contribution is 1.04. The molecule has 0 fully saturated rings. The van der Waals surface area contributed by atoms with Crippen LogP contribution in [0.2, 0.25) is 0 Å². The van der Waals surface area contributed by atoms with Gasteiger partial charge >= 0.3 is 0 Å². The van der Waals surface area contributed by atoms with Gasteiger partial charge in [-0.15, -0.1) is 11.3 Å². The van der Waals surface area contributed by atoms with Crippen molar-refractivity contribution in [1.29, 1.82) is 5.26 Å². The van der Waals surface area contributed by atoms with Crippen LogP contribution in [0, 0.1) is 25.2 Å². The minimum Gasteiger partial charge on any atom is -0.405 e. The summed E-state index contributed by atoms with van der Waals surface area (Å²) < 4.78 is 0. The van der Waals surface area contributed by atoms with E-state index >= 15 is 0 Å². The Bertz CT molecular complexity index is 913. The molecule has 4 N–H and O–H groups in total. The molecule has 166 valence electrons. The maximum atomic E-state index is 8.99. The van der Waals surface area contributed by atoms with E-state index in [1.807, 2.05) is 32.1 Å². The minimum atomic E-state index is 0.568. The van der Waals surface area contributed by atoms with Gasteiger partial charge in [0.2, 0.25) is 0 Å². The van der Waals surface area contributed by atoms with Gasteiger partial charge in [-0.2, -0.15) is 5.26 Å². The number of hydrogen-bond donors (Lipinski definition) is 2. The van der Waals surface area contributed by atoms with Crippen LogP contribution in [0.25, 0.3) is 12.2 Å². The molecule has 1 aromatic rings. The number of nitrogens with zero attached hydrogens (tertiary/aromatic N) is 1. The molecule has 0 aliphatic heterocycles. The Morgan fingerprint density at radius 2 is 1.71 bits per heavy atom. The van der Waals surface area contributed by atoms with E-state index in [0.29, 0.717) is 5.57 Å². The Kier molecular flexibility index (Phi) is 15.1. The average molecular weight is 436 g/mol. The summed E-state index contributed by atoms with van der Waals surface area (Å²) in [5.41, 5.74) is 16.3. The fourth-order valence-electron chi connectivity index (χ4n) is 2.61. The van der Waals surface area contributed by atoms with E-state index < -0.39 is 0 Å². The molecule has 1 heterocycles. The zero-order valence-corrected chi connectivity index (χ0v) is 20.4. The lowest BCUT2D eigenvalue weighted by Crippen LogP contribution is -1.90. The molecule has 0 spiro atoms. The van der Waals surface area contributed by atoms with E-state index in [9.17, 15) is 0 Å². The third-order valence-electron chi connectivity index (χ3n) is 4.45. The molecule has 0 saturated carbocycles. The molecule has 0 aliphatic carbocycles. The molecular formula is C27H37N3S. The van der Waals surface area contributed by atoms with Crippen molar-refractivity contribution in [3.8, 4) is 6.07 Å². The Labute approximate surface area is 193 Å². The van der Waals surface area contributed by atoms with Gasteiger partial charge in [-0.25, -0.2) is 0 Å². The van der Waals surface area contributed by atoms with Crippen molar-refractivity contribution in [2.24, 2.45) is 11.5 Å². The van der Waals surface area contributed by atoms with Crippen LogP contribution in [0.4, 0.5) is 0 Å². The largest absolute Gasteiger partial charge is 0.405 e. The fraction of sp³-hybridized carbons (Fsp3) is 0.296. The lowest BCUT2D eigenvalue weighted by atomic mass is 10.0. The molecule has 1 aromatic heterocycles. The van der Waals surface area contributed by atoms with Crippen LogP contribution in [0.1, 0.15) is 60.9 Å². The summed E-state index contributed by atoms with van der Waals surface area (Å²) in [6.07, 6.45) is 21.4. The topological polar surface area (TPSA) is 75.8 Å². The maximum absolute atomic E-state index is 8.99. The summed E-state index contributed by atoms with van der Waals surface area (Å²) in [5.74, 6) is 0. The summed E-state index contributed by atoms with van der Waals surface area (Å²) >= 11 is 1.78. The number of nitriles is 1. The second-order valence-corrected chi connectivity index (χ2v) is 7.51. The van der Waals surface area contributed by atoms with E-state index in [0.717, 1.165) is 30.4 Å². The van der Waals surface area contributed by atoms with Gasteiger partial charge in [0, 0.05) is 21.5 Å². The third-order valence-corrected chi connectivity index (χ3v) is 5.75. The van der Waals surface area contributed by atoms with Gasteiger partial charge in [-0.1, -0.05) is 57.7 Å². The monoisotopic (exact) mass is 435 g/mol. The number of nitrogens with two attached hydrogens (primary N) is 2. The van der Waals surface area contributed by atoms with Gasteiger partial charge in [0.05, 0.1) is 6.07 Å². The molecule has 0 atom stereocenters. The highest BCUT2D eigenvalue weighted by Crippen LogP contribution is 2.31. The van der Waals surface area contributed by atoms with Gasteiger partial charge in [0.1, 0.15) is 0 Å². The molecular weight excluding hydrogens is 398 g/mol. The van der Waals surface area contributed by atoms with E-state index in [-0.39, 0.29) is 0 Å². The quantitative estimate of drug-likeness (QED) is 0.227. The predicted octanol–water partition coefficient (Wildman–Crippen LogP) is 7.49. The standard InChI is InChI=1S/C25H31N3S.C2H6/c1-5-7-13-24-19(3)20(4)25(29-24)16-22(6-2)23(18-28)12-10-8-9-11-21(17-27)14-15-26;1-2/h6-7,10-16,18H,2,5,8-9,26,28H2,1,3-4H3;1-2H3/b12-10-,13-7-,15-14-,21-11+,22-16+,23-18+;. The summed E-state index contributed by atoms with van der Waals surface area (Å²) in [6.45, 7) is 14.4. The first-order chi connectivity index (χ1) is 15.0. The smallest absolute Gasteiger partial charge is 0.0988 e. The number of hydrogen-bond acceptors (Lipinski definition) is 4. The van der Waals surface area contributed by atoms with Crippen molar-refractivity contribution in [3.05, 3.63) is 93.0 Å². The minimum absolute atomic E-state index is 0.568. The Hall–Kier alpha value is -3.03. The molecule has 0 aromatic carbocycles. The zero-order valence-electron chi connectivity index (χ0n) is 19.6. The van der Waals surface area contributed by atoms with E-state index in [2.05, 4.69) is 57.7 Å². The van der Waals surface area contributed by atoms with Crippen molar-refractivity contribution < 1.29 is 0 Å². The normalized spacial score (nSPS) is 13.0. The SMILES string of the molecule is C=CC(=C\c1sc(/C=C\CC)c(C)c1C)/C(/C=C\CC/C=C(C#N)\C=C/N)=C/N.CC. The highest BCUT2D eigenvalue weighted by molar-refractivity contribution is 7.14. The first kappa shape index (κ1) is 28.0.